The lowest BCUT2D eigenvalue weighted by atomic mass is 9.93. The molecule has 3 aromatic heterocycles. The average molecular weight is 511 g/mol. The number of H-pyrrole nitrogens is 1. The summed E-state index contributed by atoms with van der Waals surface area (Å²) >= 11 is 0. The standard InChI is InChI=1S/C21H21N9O7/c1-35-19-24-14(22)10-15(25-19)30(8-23-10)16-11(31)21(34)12(36-16)13(21)37-20(18(32)33,17-26-28-29-27-17)7-9-5-3-2-4-6-9/h2-6,8,11-13,16,31,34H,7H2,1H3,(H,32,33)(H2,22,24,25)(H,26,27,28,29)/t11-,12+,13?,16+,20-,21-/m0/s1. The van der Waals surface area contributed by atoms with E-state index in [-0.39, 0.29) is 35.2 Å². The first kappa shape index (κ1) is 23.2. The molecule has 2 fully saturated rings. The number of nitrogens with two attached hydrogens (primary N) is 1. The Balaban J connectivity index is 1.31. The Bertz CT molecular complexity index is 1470. The van der Waals surface area contributed by atoms with E-state index in [4.69, 9.17) is 19.9 Å². The lowest BCUT2D eigenvalue weighted by Crippen LogP contribution is -2.46. The highest BCUT2D eigenvalue weighted by Crippen LogP contribution is 2.57. The Kier molecular flexibility index (Phi) is 5.09. The van der Waals surface area contributed by atoms with Crippen molar-refractivity contribution < 1.29 is 34.3 Å². The molecule has 2 aliphatic rings. The highest BCUT2D eigenvalue weighted by molar-refractivity contribution is 5.82. The highest BCUT2D eigenvalue weighted by Gasteiger charge is 2.79. The predicted octanol–water partition coefficient (Wildman–Crippen LogP) is -1.46. The van der Waals surface area contributed by atoms with Gasteiger partial charge in [-0.1, -0.05) is 30.3 Å². The number of ether oxygens (including phenoxy) is 3. The number of tetrazole rings is 1. The van der Waals surface area contributed by atoms with Crippen molar-refractivity contribution in [2.45, 2.75) is 42.2 Å². The second-order valence-corrected chi connectivity index (χ2v) is 8.78. The molecule has 6 atom stereocenters. The summed E-state index contributed by atoms with van der Waals surface area (Å²) < 4.78 is 18.4. The van der Waals surface area contributed by atoms with Gasteiger partial charge in [0, 0.05) is 6.42 Å². The van der Waals surface area contributed by atoms with Gasteiger partial charge in [0.05, 0.1) is 13.4 Å². The van der Waals surface area contributed by atoms with E-state index in [0.717, 1.165) is 0 Å². The Morgan fingerprint density at radius 3 is 2.73 bits per heavy atom. The number of aliphatic hydroxyl groups is 2. The van der Waals surface area contributed by atoms with Crippen LogP contribution in [-0.4, -0.2) is 92.5 Å². The minimum absolute atomic E-state index is 0.0165. The number of carbonyl (C=O) groups is 1. The summed E-state index contributed by atoms with van der Waals surface area (Å²) in [7, 11) is 1.37. The third-order valence-electron chi connectivity index (χ3n) is 6.69. The van der Waals surface area contributed by atoms with Crippen LogP contribution in [0.5, 0.6) is 6.01 Å². The quantitative estimate of drug-likeness (QED) is 0.182. The monoisotopic (exact) mass is 511 g/mol. The van der Waals surface area contributed by atoms with E-state index in [1.807, 2.05) is 0 Å². The third-order valence-corrected chi connectivity index (χ3v) is 6.69. The van der Waals surface area contributed by atoms with Gasteiger partial charge in [0.2, 0.25) is 5.60 Å². The van der Waals surface area contributed by atoms with Crippen LogP contribution in [0.25, 0.3) is 11.2 Å². The smallest absolute Gasteiger partial charge is 0.344 e. The maximum absolute atomic E-state index is 12.6. The van der Waals surface area contributed by atoms with Crippen molar-refractivity contribution in [3.8, 4) is 6.01 Å². The number of anilines is 1. The van der Waals surface area contributed by atoms with Gasteiger partial charge in [-0.25, -0.2) is 14.9 Å². The number of aromatic amines is 1. The molecule has 0 spiro atoms. The number of aliphatic hydroxyl groups excluding tert-OH is 1. The summed E-state index contributed by atoms with van der Waals surface area (Å²) in [5.74, 6) is -1.51. The minimum Gasteiger partial charge on any atom is -0.479 e. The van der Waals surface area contributed by atoms with Crippen molar-refractivity contribution in [2.24, 2.45) is 0 Å². The molecular formula is C21H21N9O7. The van der Waals surface area contributed by atoms with Gasteiger partial charge in [0.1, 0.15) is 18.3 Å². The molecule has 6 rings (SSSR count). The molecule has 4 aromatic rings. The van der Waals surface area contributed by atoms with Gasteiger partial charge in [0.25, 0.3) is 0 Å². The van der Waals surface area contributed by atoms with Crippen molar-refractivity contribution in [3.63, 3.8) is 0 Å². The van der Waals surface area contributed by atoms with E-state index in [1.165, 1.54) is 18.0 Å². The summed E-state index contributed by atoms with van der Waals surface area (Å²) in [5, 5.41) is 45.9. The summed E-state index contributed by atoms with van der Waals surface area (Å²) in [4.78, 5) is 25.0. The SMILES string of the molecule is COc1nc(N)c2ncn([C@@H]3O[C@@H]4C(O[C@](Cc5ccccc5)(C(=O)O)c5nnn[nH]5)[C@]4(O)[C@H]3O)c2n1. The highest BCUT2D eigenvalue weighted by atomic mass is 16.6. The van der Waals surface area contributed by atoms with Crippen LogP contribution in [0.4, 0.5) is 5.82 Å². The zero-order chi connectivity index (χ0) is 25.9. The molecule has 0 bridgehead atoms. The first-order valence-corrected chi connectivity index (χ1v) is 11.1. The van der Waals surface area contributed by atoms with Crippen LogP contribution in [0.3, 0.4) is 0 Å². The van der Waals surface area contributed by atoms with Crippen molar-refractivity contribution >= 4 is 23.0 Å². The van der Waals surface area contributed by atoms with Gasteiger partial charge < -0.3 is 35.3 Å². The topological polar surface area (TPSA) is 230 Å². The van der Waals surface area contributed by atoms with E-state index in [9.17, 15) is 20.1 Å². The van der Waals surface area contributed by atoms with Crippen LogP contribution < -0.4 is 10.5 Å². The van der Waals surface area contributed by atoms with E-state index in [1.54, 1.807) is 30.3 Å². The molecule has 16 heteroatoms. The lowest BCUT2D eigenvalue weighted by Gasteiger charge is -2.30. The van der Waals surface area contributed by atoms with E-state index in [0.29, 0.717) is 5.56 Å². The molecule has 0 radical (unpaired) electrons. The van der Waals surface area contributed by atoms with Crippen molar-refractivity contribution in [1.29, 1.82) is 0 Å². The molecule has 4 heterocycles. The summed E-state index contributed by atoms with van der Waals surface area (Å²) in [5.41, 5.74) is 2.96. The Morgan fingerprint density at radius 2 is 2.11 bits per heavy atom. The third kappa shape index (κ3) is 3.34. The van der Waals surface area contributed by atoms with Crippen molar-refractivity contribution in [2.75, 3.05) is 12.8 Å². The zero-order valence-electron chi connectivity index (χ0n) is 19.2. The molecular weight excluding hydrogens is 490 g/mol. The molecule has 16 nitrogen and oxygen atoms in total. The number of nitrogens with one attached hydrogen (secondary N) is 1. The fourth-order valence-electron chi connectivity index (χ4n) is 4.71. The van der Waals surface area contributed by atoms with Crippen LogP contribution in [-0.2, 0) is 26.3 Å². The first-order chi connectivity index (χ1) is 17.8. The number of aliphatic carboxylic acids is 1. The van der Waals surface area contributed by atoms with Gasteiger partial charge in [0.15, 0.2) is 34.6 Å². The van der Waals surface area contributed by atoms with Gasteiger partial charge >= 0.3 is 12.0 Å². The van der Waals surface area contributed by atoms with Crippen LogP contribution in [0.2, 0.25) is 0 Å². The van der Waals surface area contributed by atoms with Crippen molar-refractivity contribution in [3.05, 3.63) is 48.0 Å². The molecule has 6 N–H and O–H groups in total. The molecule has 1 aliphatic carbocycles. The van der Waals surface area contributed by atoms with E-state index >= 15 is 0 Å². The molecule has 0 amide bonds. The van der Waals surface area contributed by atoms with E-state index in [2.05, 4.69) is 35.6 Å². The Hall–Kier alpha value is -4.25. The summed E-state index contributed by atoms with van der Waals surface area (Å²) in [6.45, 7) is 0. The molecule has 1 saturated heterocycles. The number of methoxy groups -OCH3 is 1. The predicted molar refractivity (Wildman–Crippen MR) is 120 cm³/mol. The molecule has 1 aromatic carbocycles. The number of nitrogens with zero attached hydrogens (tertiary/aromatic N) is 7. The van der Waals surface area contributed by atoms with Crippen LogP contribution >= 0.6 is 0 Å². The summed E-state index contributed by atoms with van der Waals surface area (Å²) in [6.07, 6.45) is -3.79. The number of benzene rings is 1. The maximum atomic E-state index is 12.6. The number of aromatic nitrogens is 8. The van der Waals surface area contributed by atoms with Crippen LogP contribution in [0.1, 0.15) is 17.6 Å². The molecule has 1 aliphatic heterocycles. The number of imidazole rings is 1. The van der Waals surface area contributed by atoms with Gasteiger partial charge in [-0.2, -0.15) is 9.97 Å². The number of rotatable bonds is 8. The van der Waals surface area contributed by atoms with E-state index < -0.39 is 41.7 Å². The number of carboxylic acids is 1. The van der Waals surface area contributed by atoms with Gasteiger partial charge in [-0.3, -0.25) is 4.57 Å². The largest absolute Gasteiger partial charge is 0.479 e. The second kappa shape index (κ2) is 8.13. The number of hydrogen-bond donors (Lipinski definition) is 5. The summed E-state index contributed by atoms with van der Waals surface area (Å²) in [6, 6.07) is 8.71. The number of fused-ring (bicyclic) bond motifs is 2. The normalized spacial score (nSPS) is 28.1. The van der Waals surface area contributed by atoms with Gasteiger partial charge in [-0.15, -0.1) is 5.10 Å². The fraction of sp³-hybridized carbons (Fsp3) is 0.381. The fourth-order valence-corrected chi connectivity index (χ4v) is 4.71. The second-order valence-electron chi connectivity index (χ2n) is 8.78. The first-order valence-electron chi connectivity index (χ1n) is 11.1. The molecule has 1 saturated carbocycles. The number of hydrogen-bond acceptors (Lipinski definition) is 13. The van der Waals surface area contributed by atoms with Crippen LogP contribution in [0, 0.1) is 0 Å². The molecule has 1 unspecified atom stereocenters. The Morgan fingerprint density at radius 1 is 1.32 bits per heavy atom. The number of nitrogen functional groups attached to an aromatic ring is 1. The maximum Gasteiger partial charge on any atom is 0.344 e. The zero-order valence-corrected chi connectivity index (χ0v) is 19.2. The Labute approximate surface area is 207 Å². The minimum atomic E-state index is -2.11. The average Bonchev–Trinajstić information content (AvgIpc) is 3.40. The molecule has 37 heavy (non-hydrogen) atoms. The number of carboxylic acid groups (broad SMARTS) is 1. The van der Waals surface area contributed by atoms with Crippen molar-refractivity contribution in [1.82, 2.24) is 40.1 Å². The molecule has 192 valence electrons. The van der Waals surface area contributed by atoms with Gasteiger partial charge in [-0.05, 0) is 16.0 Å². The lowest BCUT2D eigenvalue weighted by molar-refractivity contribution is -0.187. The van der Waals surface area contributed by atoms with Crippen LogP contribution in [0.15, 0.2) is 36.7 Å².